The first kappa shape index (κ1) is 16.6. The molecule has 2 atom stereocenters. The summed E-state index contributed by atoms with van der Waals surface area (Å²) in [6.45, 7) is 1.81. The highest BCUT2D eigenvalue weighted by Crippen LogP contribution is 2.24. The van der Waals surface area contributed by atoms with E-state index in [1.165, 1.54) is 0 Å². The lowest BCUT2D eigenvalue weighted by molar-refractivity contribution is -0.125. The van der Waals surface area contributed by atoms with Crippen molar-refractivity contribution in [3.63, 3.8) is 0 Å². The van der Waals surface area contributed by atoms with Gasteiger partial charge in [-0.1, -0.05) is 11.6 Å². The van der Waals surface area contributed by atoms with E-state index in [2.05, 4.69) is 10.6 Å². The molecule has 1 unspecified atom stereocenters. The van der Waals surface area contributed by atoms with Crippen molar-refractivity contribution in [1.82, 2.24) is 15.5 Å². The molecule has 2 amide bonds. The molecule has 2 saturated heterocycles. The zero-order valence-electron chi connectivity index (χ0n) is 12.8. The maximum Gasteiger partial charge on any atom is 0.255 e. The molecule has 2 heterocycles. The van der Waals surface area contributed by atoms with E-state index in [9.17, 15) is 9.59 Å². The van der Waals surface area contributed by atoms with Gasteiger partial charge in [-0.25, -0.2) is 0 Å². The summed E-state index contributed by atoms with van der Waals surface area (Å²) in [5, 5.41) is 6.95. The first-order valence-electron chi connectivity index (χ1n) is 7.80. The van der Waals surface area contributed by atoms with Crippen molar-refractivity contribution < 1.29 is 9.59 Å². The van der Waals surface area contributed by atoms with Crippen LogP contribution in [0, 0.1) is 0 Å². The Morgan fingerprint density at radius 2 is 2.09 bits per heavy atom. The Balaban J connectivity index is 1.65. The largest absolute Gasteiger partial charge is 0.350 e. The Hall–Kier alpha value is -1.24. The molecule has 2 N–H and O–H groups in total. The van der Waals surface area contributed by atoms with Crippen LogP contribution in [0.3, 0.4) is 0 Å². The van der Waals surface area contributed by atoms with Gasteiger partial charge in [0, 0.05) is 28.9 Å². The molecular weight excluding hydrogens is 334 g/mol. The molecule has 0 aliphatic carbocycles. The number of carbonyl (C=O) groups excluding carboxylic acids is 2. The third kappa shape index (κ3) is 4.00. The van der Waals surface area contributed by atoms with Gasteiger partial charge < -0.3 is 15.5 Å². The van der Waals surface area contributed by atoms with E-state index in [0.29, 0.717) is 22.2 Å². The molecule has 3 rings (SSSR count). The van der Waals surface area contributed by atoms with Crippen molar-refractivity contribution in [2.24, 2.45) is 0 Å². The zero-order valence-corrected chi connectivity index (χ0v) is 14.3. The summed E-state index contributed by atoms with van der Waals surface area (Å²) in [6, 6.07) is 6.56. The van der Waals surface area contributed by atoms with Gasteiger partial charge >= 0.3 is 0 Å². The van der Waals surface area contributed by atoms with Crippen molar-refractivity contribution >= 4 is 35.2 Å². The summed E-state index contributed by atoms with van der Waals surface area (Å²) < 4.78 is 0. The van der Waals surface area contributed by atoms with Crippen LogP contribution in [0.4, 0.5) is 0 Å². The lowest BCUT2D eigenvalue weighted by atomic mass is 10.1. The Labute approximate surface area is 145 Å². The molecule has 2 aliphatic heterocycles. The Morgan fingerprint density at radius 1 is 1.30 bits per heavy atom. The lowest BCUT2D eigenvalue weighted by Crippen LogP contribution is -2.53. The minimum Gasteiger partial charge on any atom is -0.350 e. The number of piperidine rings is 1. The Morgan fingerprint density at radius 3 is 2.78 bits per heavy atom. The highest BCUT2D eigenvalue weighted by atomic mass is 35.5. The number of nitrogens with zero attached hydrogens (tertiary/aromatic N) is 1. The van der Waals surface area contributed by atoms with Crippen LogP contribution < -0.4 is 10.6 Å². The third-order valence-electron chi connectivity index (χ3n) is 4.18. The molecule has 0 bridgehead atoms. The number of amides is 2. The minimum absolute atomic E-state index is 0.0500. The van der Waals surface area contributed by atoms with Crippen LogP contribution in [0.5, 0.6) is 0 Å². The fraction of sp³-hybridized carbons (Fsp3) is 0.500. The van der Waals surface area contributed by atoms with Gasteiger partial charge in [-0.15, -0.1) is 11.8 Å². The standard InChI is InChI=1S/C16H20ClN3O2S/c17-12-5-3-11(4-6-12)16(22)20-10-23-9-14(20)15(21)19-13-2-1-7-18-8-13/h3-6,13-14,18H,1-2,7-10H2,(H,19,21)/t13-,14?/m0/s1. The molecule has 0 spiro atoms. The summed E-state index contributed by atoms with van der Waals surface area (Å²) in [6.07, 6.45) is 2.06. The van der Waals surface area contributed by atoms with E-state index in [1.54, 1.807) is 40.9 Å². The number of hydrogen-bond donors (Lipinski definition) is 2. The Kier molecular flexibility index (Phi) is 5.46. The molecule has 23 heavy (non-hydrogen) atoms. The van der Waals surface area contributed by atoms with E-state index >= 15 is 0 Å². The van der Waals surface area contributed by atoms with Crippen molar-refractivity contribution in [1.29, 1.82) is 0 Å². The molecule has 2 fully saturated rings. The average Bonchev–Trinajstić information content (AvgIpc) is 3.05. The maximum atomic E-state index is 12.6. The summed E-state index contributed by atoms with van der Waals surface area (Å²) in [5.41, 5.74) is 0.564. The highest BCUT2D eigenvalue weighted by Gasteiger charge is 2.35. The minimum atomic E-state index is -0.398. The molecule has 0 radical (unpaired) electrons. The van der Waals surface area contributed by atoms with Crippen LogP contribution >= 0.6 is 23.4 Å². The smallest absolute Gasteiger partial charge is 0.255 e. The third-order valence-corrected chi connectivity index (χ3v) is 5.44. The molecule has 124 valence electrons. The molecule has 0 saturated carbocycles. The average molecular weight is 354 g/mol. The van der Waals surface area contributed by atoms with Crippen molar-refractivity contribution in [2.45, 2.75) is 24.9 Å². The number of benzene rings is 1. The van der Waals surface area contributed by atoms with Crippen LogP contribution in [-0.4, -0.2) is 53.5 Å². The number of nitrogens with one attached hydrogen (secondary N) is 2. The summed E-state index contributed by atoms with van der Waals surface area (Å²) in [4.78, 5) is 26.8. The number of hydrogen-bond acceptors (Lipinski definition) is 4. The van der Waals surface area contributed by atoms with Gasteiger partial charge in [-0.2, -0.15) is 0 Å². The summed E-state index contributed by atoms with van der Waals surface area (Å²) in [5.74, 6) is 1.02. The molecule has 1 aromatic carbocycles. The van der Waals surface area contributed by atoms with Crippen LogP contribution in [0.15, 0.2) is 24.3 Å². The van der Waals surface area contributed by atoms with Gasteiger partial charge in [0.25, 0.3) is 5.91 Å². The zero-order chi connectivity index (χ0) is 16.2. The van der Waals surface area contributed by atoms with Gasteiger partial charge in [0.15, 0.2) is 0 Å². The topological polar surface area (TPSA) is 61.4 Å². The molecule has 1 aromatic rings. The van der Waals surface area contributed by atoms with E-state index in [-0.39, 0.29) is 17.9 Å². The second-order valence-corrected chi connectivity index (χ2v) is 7.29. The molecule has 0 aromatic heterocycles. The predicted molar refractivity (Wildman–Crippen MR) is 92.8 cm³/mol. The van der Waals surface area contributed by atoms with E-state index in [0.717, 1.165) is 25.9 Å². The second-order valence-electron chi connectivity index (χ2n) is 5.85. The number of carbonyl (C=O) groups is 2. The van der Waals surface area contributed by atoms with Crippen molar-refractivity contribution in [2.75, 3.05) is 24.7 Å². The number of rotatable bonds is 3. The van der Waals surface area contributed by atoms with Crippen molar-refractivity contribution in [3.8, 4) is 0 Å². The molecular formula is C16H20ClN3O2S. The summed E-state index contributed by atoms with van der Waals surface area (Å²) >= 11 is 7.47. The van der Waals surface area contributed by atoms with Gasteiger partial charge in [0.05, 0.1) is 5.88 Å². The SMILES string of the molecule is O=C(N[C@H]1CCCNC1)C1CSCN1C(=O)c1ccc(Cl)cc1. The molecule has 2 aliphatic rings. The normalized spacial score (nSPS) is 24.5. The van der Waals surface area contributed by atoms with Crippen LogP contribution in [0.25, 0.3) is 0 Å². The van der Waals surface area contributed by atoms with Crippen molar-refractivity contribution in [3.05, 3.63) is 34.9 Å². The maximum absolute atomic E-state index is 12.6. The number of thioether (sulfide) groups is 1. The Bertz CT molecular complexity index is 575. The quantitative estimate of drug-likeness (QED) is 0.868. The fourth-order valence-corrected chi connectivity index (χ4v) is 4.17. The number of halogens is 1. The monoisotopic (exact) mass is 353 g/mol. The van der Waals surface area contributed by atoms with E-state index in [4.69, 9.17) is 11.6 Å². The van der Waals surface area contributed by atoms with Crippen LogP contribution in [0.2, 0.25) is 5.02 Å². The molecule has 7 heteroatoms. The van der Waals surface area contributed by atoms with Gasteiger partial charge in [-0.05, 0) is 43.7 Å². The van der Waals surface area contributed by atoms with Gasteiger partial charge in [-0.3, -0.25) is 9.59 Å². The predicted octanol–water partition coefficient (Wildman–Crippen LogP) is 1.72. The first-order valence-corrected chi connectivity index (χ1v) is 9.34. The summed E-state index contributed by atoms with van der Waals surface area (Å²) in [7, 11) is 0. The van der Waals surface area contributed by atoms with Crippen LogP contribution in [0.1, 0.15) is 23.2 Å². The van der Waals surface area contributed by atoms with E-state index < -0.39 is 6.04 Å². The first-order chi connectivity index (χ1) is 11.1. The fourth-order valence-electron chi connectivity index (χ4n) is 2.89. The molecule has 5 nitrogen and oxygen atoms in total. The van der Waals surface area contributed by atoms with Crippen LogP contribution in [-0.2, 0) is 4.79 Å². The lowest BCUT2D eigenvalue weighted by Gasteiger charge is -2.28. The highest BCUT2D eigenvalue weighted by molar-refractivity contribution is 7.99. The second kappa shape index (κ2) is 7.55. The van der Waals surface area contributed by atoms with Gasteiger partial charge in [0.1, 0.15) is 6.04 Å². The van der Waals surface area contributed by atoms with E-state index in [1.807, 2.05) is 0 Å². The van der Waals surface area contributed by atoms with Gasteiger partial charge in [0.2, 0.25) is 5.91 Å².